The predicted molar refractivity (Wildman–Crippen MR) is 65.0 cm³/mol. The lowest BCUT2D eigenvalue weighted by atomic mass is 10.3. The maximum atomic E-state index is 10.7. The van der Waals surface area contributed by atoms with E-state index >= 15 is 0 Å². The Kier molecular flexibility index (Phi) is 4.49. The van der Waals surface area contributed by atoms with Crippen LogP contribution in [0.15, 0.2) is 23.1 Å². The van der Waals surface area contributed by atoms with Crippen LogP contribution in [0.2, 0.25) is 0 Å². The minimum absolute atomic E-state index is 0.529. The third kappa shape index (κ3) is 3.34. The largest absolute Gasteiger partial charge is 0.494 e. The second-order valence-corrected chi connectivity index (χ2v) is 4.61. The molecule has 4 nitrogen and oxygen atoms in total. The average molecular weight is 241 g/mol. The van der Waals surface area contributed by atoms with E-state index in [1.165, 1.54) is 11.8 Å². The van der Waals surface area contributed by atoms with Crippen molar-refractivity contribution in [1.29, 1.82) is 0 Å². The van der Waals surface area contributed by atoms with Gasteiger partial charge in [-0.05, 0) is 32.0 Å². The lowest BCUT2D eigenvalue weighted by molar-refractivity contribution is -0.136. The molecule has 0 fully saturated rings. The van der Waals surface area contributed by atoms with Crippen molar-refractivity contribution in [1.82, 2.24) is 0 Å². The van der Waals surface area contributed by atoms with Gasteiger partial charge in [-0.3, -0.25) is 4.79 Å². The van der Waals surface area contributed by atoms with Gasteiger partial charge in [-0.15, -0.1) is 11.8 Å². The van der Waals surface area contributed by atoms with E-state index < -0.39 is 11.2 Å². The summed E-state index contributed by atoms with van der Waals surface area (Å²) in [6.07, 6.45) is 0. The molecule has 1 rings (SSSR count). The van der Waals surface area contributed by atoms with Crippen molar-refractivity contribution in [3.05, 3.63) is 18.2 Å². The molecule has 0 amide bonds. The van der Waals surface area contributed by atoms with Gasteiger partial charge in [0, 0.05) is 10.6 Å². The normalized spacial score (nSPS) is 12.1. The number of anilines is 1. The summed E-state index contributed by atoms with van der Waals surface area (Å²) in [4.78, 5) is 11.5. The summed E-state index contributed by atoms with van der Waals surface area (Å²) in [6.45, 7) is 4.09. The Bertz CT molecular complexity index is 381. The van der Waals surface area contributed by atoms with Crippen LogP contribution in [0.1, 0.15) is 13.8 Å². The van der Waals surface area contributed by atoms with Crippen molar-refractivity contribution in [3.63, 3.8) is 0 Å². The van der Waals surface area contributed by atoms with E-state index in [1.54, 1.807) is 25.1 Å². The molecule has 0 saturated heterocycles. The minimum atomic E-state index is -0.855. The summed E-state index contributed by atoms with van der Waals surface area (Å²) in [6, 6.07) is 5.26. The summed E-state index contributed by atoms with van der Waals surface area (Å²) in [5.74, 6) is -0.150. The van der Waals surface area contributed by atoms with E-state index in [1.807, 2.05) is 6.92 Å². The van der Waals surface area contributed by atoms with E-state index in [0.29, 0.717) is 18.0 Å². The number of aliphatic carboxylic acids is 1. The second-order valence-electron chi connectivity index (χ2n) is 3.23. The SMILES string of the molecule is CCOc1ccc(N)c(SC(C)C(=O)O)c1. The van der Waals surface area contributed by atoms with Crippen LogP contribution in [-0.2, 0) is 4.79 Å². The molecule has 3 N–H and O–H groups in total. The molecule has 1 aromatic carbocycles. The van der Waals surface area contributed by atoms with Gasteiger partial charge in [-0.2, -0.15) is 0 Å². The fraction of sp³-hybridized carbons (Fsp3) is 0.364. The Labute approximate surface area is 98.8 Å². The predicted octanol–water partition coefficient (Wildman–Crippen LogP) is 2.23. The van der Waals surface area contributed by atoms with E-state index in [2.05, 4.69) is 0 Å². The number of hydrogen-bond acceptors (Lipinski definition) is 4. The third-order valence-electron chi connectivity index (χ3n) is 1.95. The summed E-state index contributed by atoms with van der Waals surface area (Å²) in [5.41, 5.74) is 6.34. The highest BCUT2D eigenvalue weighted by atomic mass is 32.2. The number of carboxylic acid groups (broad SMARTS) is 1. The second kappa shape index (κ2) is 5.65. The fourth-order valence-corrected chi connectivity index (χ4v) is 1.98. The van der Waals surface area contributed by atoms with Crippen molar-refractivity contribution in [2.75, 3.05) is 12.3 Å². The highest BCUT2D eigenvalue weighted by Gasteiger charge is 2.14. The van der Waals surface area contributed by atoms with E-state index in [4.69, 9.17) is 15.6 Å². The fourth-order valence-electron chi connectivity index (χ4n) is 1.11. The summed E-state index contributed by atoms with van der Waals surface area (Å²) < 4.78 is 5.33. The number of hydrogen-bond donors (Lipinski definition) is 2. The highest BCUT2D eigenvalue weighted by Crippen LogP contribution is 2.32. The van der Waals surface area contributed by atoms with Gasteiger partial charge in [-0.1, -0.05) is 0 Å². The number of thioether (sulfide) groups is 1. The minimum Gasteiger partial charge on any atom is -0.494 e. The Hall–Kier alpha value is -1.36. The number of benzene rings is 1. The van der Waals surface area contributed by atoms with E-state index in [0.717, 1.165) is 4.90 Å². The first kappa shape index (κ1) is 12.7. The van der Waals surface area contributed by atoms with Gasteiger partial charge < -0.3 is 15.6 Å². The zero-order valence-corrected chi connectivity index (χ0v) is 10.1. The smallest absolute Gasteiger partial charge is 0.316 e. The molecule has 16 heavy (non-hydrogen) atoms. The average Bonchev–Trinajstić information content (AvgIpc) is 2.23. The molecule has 88 valence electrons. The van der Waals surface area contributed by atoms with Gasteiger partial charge in [0.25, 0.3) is 0 Å². The molecule has 5 heteroatoms. The molecule has 0 bridgehead atoms. The van der Waals surface area contributed by atoms with Crippen LogP contribution in [0.4, 0.5) is 5.69 Å². The topological polar surface area (TPSA) is 72.5 Å². The van der Waals surface area contributed by atoms with Crippen LogP contribution in [0.25, 0.3) is 0 Å². The molecule has 1 unspecified atom stereocenters. The Morgan fingerprint density at radius 1 is 1.62 bits per heavy atom. The zero-order chi connectivity index (χ0) is 12.1. The van der Waals surface area contributed by atoms with Crippen LogP contribution >= 0.6 is 11.8 Å². The summed E-state index contributed by atoms with van der Waals surface area (Å²) in [7, 11) is 0. The molecule has 0 aliphatic heterocycles. The quantitative estimate of drug-likeness (QED) is 0.611. The molecule has 0 aromatic heterocycles. The zero-order valence-electron chi connectivity index (χ0n) is 9.27. The molecule has 1 atom stereocenters. The van der Waals surface area contributed by atoms with Crippen molar-refractivity contribution < 1.29 is 14.6 Å². The van der Waals surface area contributed by atoms with Crippen LogP contribution in [0.3, 0.4) is 0 Å². The van der Waals surface area contributed by atoms with Crippen molar-refractivity contribution in [2.45, 2.75) is 24.0 Å². The van der Waals surface area contributed by atoms with Crippen LogP contribution in [0, 0.1) is 0 Å². The number of rotatable bonds is 5. The van der Waals surface area contributed by atoms with Gasteiger partial charge >= 0.3 is 5.97 Å². The molecule has 0 heterocycles. The van der Waals surface area contributed by atoms with E-state index in [9.17, 15) is 4.79 Å². The first-order chi connectivity index (χ1) is 7.54. The van der Waals surface area contributed by atoms with Crippen LogP contribution in [0.5, 0.6) is 5.75 Å². The molecule has 0 aliphatic carbocycles. The first-order valence-corrected chi connectivity index (χ1v) is 5.84. The van der Waals surface area contributed by atoms with Crippen LogP contribution in [-0.4, -0.2) is 22.9 Å². The first-order valence-electron chi connectivity index (χ1n) is 4.96. The Balaban J connectivity index is 2.85. The van der Waals surface area contributed by atoms with Gasteiger partial charge in [0.1, 0.15) is 11.0 Å². The molecular formula is C11H15NO3S. The van der Waals surface area contributed by atoms with E-state index in [-0.39, 0.29) is 0 Å². The summed E-state index contributed by atoms with van der Waals surface area (Å²) in [5, 5.41) is 8.29. The van der Waals surface area contributed by atoms with Gasteiger partial charge in [0.15, 0.2) is 0 Å². The molecule has 0 radical (unpaired) electrons. The van der Waals surface area contributed by atoms with Gasteiger partial charge in [-0.25, -0.2) is 0 Å². The molecule has 1 aromatic rings. The van der Waals surface area contributed by atoms with Gasteiger partial charge in [0.2, 0.25) is 0 Å². The Morgan fingerprint density at radius 3 is 2.88 bits per heavy atom. The molecule has 0 spiro atoms. The van der Waals surface area contributed by atoms with Gasteiger partial charge in [0.05, 0.1) is 6.61 Å². The number of nitrogen functional groups attached to an aromatic ring is 1. The van der Waals surface area contributed by atoms with Crippen molar-refractivity contribution in [2.24, 2.45) is 0 Å². The highest BCUT2D eigenvalue weighted by molar-refractivity contribution is 8.00. The lowest BCUT2D eigenvalue weighted by Crippen LogP contribution is -2.11. The maximum Gasteiger partial charge on any atom is 0.316 e. The van der Waals surface area contributed by atoms with Crippen molar-refractivity contribution in [3.8, 4) is 5.75 Å². The molecular weight excluding hydrogens is 226 g/mol. The lowest BCUT2D eigenvalue weighted by Gasteiger charge is -2.11. The van der Waals surface area contributed by atoms with Crippen molar-refractivity contribution >= 4 is 23.4 Å². The monoisotopic (exact) mass is 241 g/mol. The standard InChI is InChI=1S/C11H15NO3S/c1-3-15-8-4-5-9(12)10(6-8)16-7(2)11(13)14/h4-7H,3,12H2,1-2H3,(H,13,14). The Morgan fingerprint density at radius 2 is 2.31 bits per heavy atom. The third-order valence-corrected chi connectivity index (χ3v) is 3.11. The number of carboxylic acids is 1. The molecule has 0 aliphatic rings. The molecule has 0 saturated carbocycles. The maximum absolute atomic E-state index is 10.7. The number of carbonyl (C=O) groups is 1. The number of ether oxygens (including phenoxy) is 1. The van der Waals surface area contributed by atoms with Crippen LogP contribution < -0.4 is 10.5 Å². The summed E-state index contributed by atoms with van der Waals surface area (Å²) >= 11 is 1.21. The number of nitrogens with two attached hydrogens (primary N) is 1.